The van der Waals surface area contributed by atoms with Crippen molar-refractivity contribution in [2.45, 2.75) is 25.6 Å². The first-order valence-electron chi connectivity index (χ1n) is 8.28. The number of nitrogens with zero attached hydrogens (tertiary/aromatic N) is 3. The Morgan fingerprint density at radius 1 is 1.23 bits per heavy atom. The van der Waals surface area contributed by atoms with Crippen LogP contribution in [0.3, 0.4) is 0 Å². The van der Waals surface area contributed by atoms with E-state index in [-0.39, 0.29) is 18.3 Å². The van der Waals surface area contributed by atoms with Gasteiger partial charge in [0, 0.05) is 36.8 Å². The number of H-pyrrole nitrogens is 1. The summed E-state index contributed by atoms with van der Waals surface area (Å²) in [5.74, 6) is 0.0344. The highest BCUT2D eigenvalue weighted by Crippen LogP contribution is 2.23. The molecule has 0 spiro atoms. The van der Waals surface area contributed by atoms with E-state index < -0.39 is 6.04 Å². The lowest BCUT2D eigenvalue weighted by molar-refractivity contribution is -0.135. The topological polar surface area (TPSA) is 73.9 Å². The monoisotopic (exact) mass is 389 g/mol. The molecule has 0 fully saturated rings. The summed E-state index contributed by atoms with van der Waals surface area (Å²) < 4.78 is 0. The number of carbonyl (C=O) groups is 1. The Morgan fingerprint density at radius 3 is 2.85 bits per heavy atom. The lowest BCUT2D eigenvalue weighted by atomic mass is 10.0. The van der Waals surface area contributed by atoms with Crippen LogP contribution in [0.5, 0.6) is 0 Å². The molecular weight excluding hydrogens is 370 g/mol. The molecule has 26 heavy (non-hydrogen) atoms. The van der Waals surface area contributed by atoms with Gasteiger partial charge in [-0.2, -0.15) is 0 Å². The van der Waals surface area contributed by atoms with Gasteiger partial charge in [-0.1, -0.05) is 30.3 Å². The number of amides is 1. The molecule has 0 saturated heterocycles. The van der Waals surface area contributed by atoms with Gasteiger partial charge in [0.25, 0.3) is 0 Å². The lowest BCUT2D eigenvalue weighted by Crippen LogP contribution is -2.43. The van der Waals surface area contributed by atoms with Gasteiger partial charge in [-0.3, -0.25) is 4.79 Å². The van der Waals surface area contributed by atoms with Gasteiger partial charge >= 0.3 is 0 Å². The van der Waals surface area contributed by atoms with Crippen molar-refractivity contribution in [3.63, 3.8) is 0 Å². The smallest absolute Gasteiger partial charge is 0.246 e. The SMILES string of the molecule is Cl.O=C(C1NCCc2[nH]cnc21)N(Cc1ccccc1)Cc1nccs1. The van der Waals surface area contributed by atoms with E-state index in [9.17, 15) is 4.79 Å². The first-order chi connectivity index (χ1) is 12.3. The Labute approximate surface area is 162 Å². The Kier molecular flexibility index (Phi) is 6.03. The van der Waals surface area contributed by atoms with Gasteiger partial charge in [0.05, 0.1) is 18.6 Å². The number of benzene rings is 1. The Bertz CT molecular complexity index is 836. The molecule has 0 bridgehead atoms. The van der Waals surface area contributed by atoms with E-state index in [1.165, 1.54) is 0 Å². The molecule has 1 aliphatic heterocycles. The van der Waals surface area contributed by atoms with E-state index in [1.807, 2.05) is 40.6 Å². The number of aromatic nitrogens is 3. The van der Waals surface area contributed by atoms with E-state index in [0.717, 1.165) is 34.9 Å². The largest absolute Gasteiger partial charge is 0.348 e. The van der Waals surface area contributed by atoms with Gasteiger partial charge in [0.15, 0.2) is 0 Å². The number of rotatable bonds is 5. The molecule has 3 aromatic rings. The Balaban J connectivity index is 0.00000196. The van der Waals surface area contributed by atoms with Crippen LogP contribution in [0, 0.1) is 0 Å². The molecule has 3 heterocycles. The van der Waals surface area contributed by atoms with Crippen LogP contribution in [0.15, 0.2) is 48.2 Å². The molecule has 0 aliphatic carbocycles. The summed E-state index contributed by atoms with van der Waals surface area (Å²) in [6, 6.07) is 9.64. The minimum absolute atomic E-state index is 0. The molecule has 2 aromatic heterocycles. The number of halogens is 1. The van der Waals surface area contributed by atoms with Crippen LogP contribution in [0.1, 0.15) is 28.0 Å². The van der Waals surface area contributed by atoms with Crippen LogP contribution in [0.4, 0.5) is 0 Å². The summed E-state index contributed by atoms with van der Waals surface area (Å²) >= 11 is 1.57. The quantitative estimate of drug-likeness (QED) is 0.703. The summed E-state index contributed by atoms with van der Waals surface area (Å²) in [7, 11) is 0. The minimum Gasteiger partial charge on any atom is -0.348 e. The number of fused-ring (bicyclic) bond motifs is 1. The zero-order chi connectivity index (χ0) is 17.1. The number of imidazole rings is 1. The third-order valence-electron chi connectivity index (χ3n) is 4.33. The van der Waals surface area contributed by atoms with Crippen LogP contribution in [-0.4, -0.2) is 32.3 Å². The van der Waals surface area contributed by atoms with Crippen molar-refractivity contribution < 1.29 is 4.79 Å². The maximum Gasteiger partial charge on any atom is 0.246 e. The molecule has 8 heteroatoms. The summed E-state index contributed by atoms with van der Waals surface area (Å²) in [5.41, 5.74) is 2.96. The first-order valence-corrected chi connectivity index (χ1v) is 9.16. The number of hydrogen-bond donors (Lipinski definition) is 2. The molecule has 0 saturated carbocycles. The highest BCUT2D eigenvalue weighted by molar-refractivity contribution is 7.09. The predicted octanol–water partition coefficient (Wildman–Crippen LogP) is 2.70. The van der Waals surface area contributed by atoms with Gasteiger partial charge in [-0.25, -0.2) is 9.97 Å². The van der Waals surface area contributed by atoms with Crippen LogP contribution in [0.2, 0.25) is 0 Å². The van der Waals surface area contributed by atoms with Crippen molar-refractivity contribution in [3.05, 3.63) is 70.2 Å². The molecule has 1 aliphatic rings. The maximum absolute atomic E-state index is 13.3. The summed E-state index contributed by atoms with van der Waals surface area (Å²) in [6.45, 7) is 1.82. The predicted molar refractivity (Wildman–Crippen MR) is 103 cm³/mol. The third kappa shape index (κ3) is 3.95. The van der Waals surface area contributed by atoms with Gasteiger partial charge in [-0.15, -0.1) is 23.7 Å². The standard InChI is InChI=1S/C18H19N5OS.ClH/c24-18(17-16-14(6-7-20-17)21-12-22-16)23(11-15-19-8-9-25-15)10-13-4-2-1-3-5-13;/h1-5,8-9,12,17,20H,6-7,10-11H2,(H,21,22);1H. The highest BCUT2D eigenvalue weighted by atomic mass is 35.5. The second kappa shape index (κ2) is 8.44. The van der Waals surface area contributed by atoms with Crippen LogP contribution >= 0.6 is 23.7 Å². The van der Waals surface area contributed by atoms with Gasteiger partial charge < -0.3 is 15.2 Å². The zero-order valence-corrected chi connectivity index (χ0v) is 15.7. The summed E-state index contributed by atoms with van der Waals surface area (Å²) in [4.78, 5) is 27.0. The second-order valence-electron chi connectivity index (χ2n) is 6.01. The van der Waals surface area contributed by atoms with Crippen molar-refractivity contribution in [1.29, 1.82) is 0 Å². The normalized spacial score (nSPS) is 15.8. The van der Waals surface area contributed by atoms with Crippen LogP contribution in [0.25, 0.3) is 0 Å². The fourth-order valence-corrected chi connectivity index (χ4v) is 3.75. The van der Waals surface area contributed by atoms with Crippen molar-refractivity contribution >= 4 is 29.7 Å². The average Bonchev–Trinajstić information content (AvgIpc) is 3.32. The molecule has 1 amide bonds. The lowest BCUT2D eigenvalue weighted by Gasteiger charge is -2.29. The number of carbonyl (C=O) groups excluding carboxylic acids is 1. The van der Waals surface area contributed by atoms with Crippen molar-refractivity contribution in [2.24, 2.45) is 0 Å². The molecule has 6 nitrogen and oxygen atoms in total. The molecular formula is C18H20ClN5OS. The van der Waals surface area contributed by atoms with Crippen molar-refractivity contribution in [1.82, 2.24) is 25.2 Å². The van der Waals surface area contributed by atoms with Gasteiger partial charge in [-0.05, 0) is 5.56 Å². The highest BCUT2D eigenvalue weighted by Gasteiger charge is 2.32. The molecule has 0 radical (unpaired) electrons. The number of aromatic amines is 1. The van der Waals surface area contributed by atoms with E-state index in [2.05, 4.69) is 20.3 Å². The summed E-state index contributed by atoms with van der Waals surface area (Å²) in [6.07, 6.45) is 4.31. The number of thiazole rings is 1. The Morgan fingerprint density at radius 2 is 2.08 bits per heavy atom. The summed E-state index contributed by atoms with van der Waals surface area (Å²) in [5, 5.41) is 6.18. The minimum atomic E-state index is -0.404. The zero-order valence-electron chi connectivity index (χ0n) is 14.1. The fourth-order valence-electron chi connectivity index (χ4n) is 3.12. The van der Waals surface area contributed by atoms with E-state index in [0.29, 0.717) is 13.1 Å². The average molecular weight is 390 g/mol. The van der Waals surface area contributed by atoms with Crippen LogP contribution < -0.4 is 5.32 Å². The fraction of sp³-hybridized carbons (Fsp3) is 0.278. The molecule has 1 unspecified atom stereocenters. The molecule has 4 rings (SSSR count). The molecule has 136 valence electrons. The molecule has 1 atom stereocenters. The van der Waals surface area contributed by atoms with E-state index in [4.69, 9.17) is 0 Å². The molecule has 1 aromatic carbocycles. The van der Waals surface area contributed by atoms with Crippen molar-refractivity contribution in [3.8, 4) is 0 Å². The van der Waals surface area contributed by atoms with Gasteiger partial charge in [0.1, 0.15) is 11.0 Å². The first kappa shape index (κ1) is 18.6. The third-order valence-corrected chi connectivity index (χ3v) is 5.10. The maximum atomic E-state index is 13.3. The van der Waals surface area contributed by atoms with Crippen molar-refractivity contribution in [2.75, 3.05) is 6.54 Å². The van der Waals surface area contributed by atoms with E-state index >= 15 is 0 Å². The van der Waals surface area contributed by atoms with Crippen LogP contribution in [-0.2, 0) is 24.3 Å². The molecule has 2 N–H and O–H groups in total. The second-order valence-corrected chi connectivity index (χ2v) is 6.99. The van der Waals surface area contributed by atoms with Gasteiger partial charge in [0.2, 0.25) is 5.91 Å². The Hall–Kier alpha value is -2.22. The van der Waals surface area contributed by atoms with E-state index in [1.54, 1.807) is 23.9 Å². The number of nitrogens with one attached hydrogen (secondary N) is 2. The number of hydrogen-bond acceptors (Lipinski definition) is 5.